The highest BCUT2D eigenvalue weighted by Gasteiger charge is 2.08. The van der Waals surface area contributed by atoms with Crippen LogP contribution in [-0.4, -0.2) is 7.11 Å². The zero-order valence-electron chi connectivity index (χ0n) is 8.64. The van der Waals surface area contributed by atoms with Crippen LogP contribution in [0.25, 0.3) is 0 Å². The Bertz CT molecular complexity index is 318. The first-order chi connectivity index (χ1) is 6.11. The molecule has 1 rings (SSSR count). The number of rotatable bonds is 2. The minimum atomic E-state index is 0.794. The van der Waals surface area contributed by atoms with E-state index in [1.807, 2.05) is 0 Å². The van der Waals surface area contributed by atoms with E-state index in [4.69, 9.17) is 4.74 Å². The van der Waals surface area contributed by atoms with Gasteiger partial charge in [0.25, 0.3) is 0 Å². The number of benzene rings is 1. The van der Waals surface area contributed by atoms with Crippen molar-refractivity contribution < 1.29 is 4.74 Å². The fraction of sp³-hybridized carbons (Fsp3) is 0.455. The Balaban J connectivity index is 3.37. The Kier molecular flexibility index (Phi) is 3.26. The summed E-state index contributed by atoms with van der Waals surface area (Å²) in [7, 11) is 1.71. The molecule has 0 aliphatic carbocycles. The zero-order chi connectivity index (χ0) is 10.0. The van der Waals surface area contributed by atoms with E-state index in [1.165, 1.54) is 22.3 Å². The van der Waals surface area contributed by atoms with Gasteiger partial charge in [0.1, 0.15) is 5.75 Å². The van der Waals surface area contributed by atoms with Crippen LogP contribution in [0.1, 0.15) is 22.3 Å². The van der Waals surface area contributed by atoms with Gasteiger partial charge in [-0.3, -0.25) is 0 Å². The number of hydrogen-bond donors (Lipinski definition) is 1. The molecule has 13 heavy (non-hydrogen) atoms. The van der Waals surface area contributed by atoms with Gasteiger partial charge in [-0.25, -0.2) is 0 Å². The van der Waals surface area contributed by atoms with Gasteiger partial charge in [-0.15, -0.1) is 0 Å². The maximum atomic E-state index is 5.28. The Labute approximate surface area is 85.5 Å². The van der Waals surface area contributed by atoms with Gasteiger partial charge >= 0.3 is 0 Å². The lowest BCUT2D eigenvalue weighted by molar-refractivity contribution is 0.411. The van der Waals surface area contributed by atoms with E-state index in [0.717, 1.165) is 11.5 Å². The summed E-state index contributed by atoms with van der Waals surface area (Å²) >= 11 is 4.32. The molecule has 0 heterocycles. The van der Waals surface area contributed by atoms with E-state index < -0.39 is 0 Å². The smallest absolute Gasteiger partial charge is 0.122 e. The third kappa shape index (κ3) is 1.83. The first-order valence-electron chi connectivity index (χ1n) is 4.36. The molecule has 0 fully saturated rings. The maximum absolute atomic E-state index is 5.28. The van der Waals surface area contributed by atoms with Crippen molar-refractivity contribution in [3.63, 3.8) is 0 Å². The van der Waals surface area contributed by atoms with E-state index in [9.17, 15) is 0 Å². The molecule has 72 valence electrons. The molecule has 0 amide bonds. The van der Waals surface area contributed by atoms with Crippen LogP contribution in [0.15, 0.2) is 6.07 Å². The summed E-state index contributed by atoms with van der Waals surface area (Å²) in [6.45, 7) is 6.30. The van der Waals surface area contributed by atoms with Crippen molar-refractivity contribution in [3.8, 4) is 5.75 Å². The summed E-state index contributed by atoms with van der Waals surface area (Å²) in [6, 6.07) is 2.08. The number of thiol groups is 1. The predicted octanol–water partition coefficient (Wildman–Crippen LogP) is 3.05. The topological polar surface area (TPSA) is 9.23 Å². The van der Waals surface area contributed by atoms with Crippen molar-refractivity contribution in [2.45, 2.75) is 26.5 Å². The second kappa shape index (κ2) is 4.05. The first kappa shape index (κ1) is 10.5. The van der Waals surface area contributed by atoms with Crippen molar-refractivity contribution in [3.05, 3.63) is 28.3 Å². The van der Waals surface area contributed by atoms with Gasteiger partial charge in [-0.1, -0.05) is 0 Å². The predicted molar refractivity (Wildman–Crippen MR) is 59.9 cm³/mol. The lowest BCUT2D eigenvalue weighted by atomic mass is 9.99. The summed E-state index contributed by atoms with van der Waals surface area (Å²) in [4.78, 5) is 0. The molecule has 0 bridgehead atoms. The van der Waals surface area contributed by atoms with Crippen molar-refractivity contribution in [1.82, 2.24) is 0 Å². The molecular weight excluding hydrogens is 180 g/mol. The highest BCUT2D eigenvalue weighted by Crippen LogP contribution is 2.28. The molecule has 0 aliphatic heterocycles. The van der Waals surface area contributed by atoms with Gasteiger partial charge in [-0.2, -0.15) is 12.6 Å². The lowest BCUT2D eigenvalue weighted by Gasteiger charge is -2.14. The minimum Gasteiger partial charge on any atom is -0.496 e. The van der Waals surface area contributed by atoms with Crippen molar-refractivity contribution >= 4 is 12.6 Å². The number of methoxy groups -OCH3 is 1. The van der Waals surface area contributed by atoms with Crippen molar-refractivity contribution in [1.29, 1.82) is 0 Å². The highest BCUT2D eigenvalue weighted by molar-refractivity contribution is 7.79. The highest BCUT2D eigenvalue weighted by atomic mass is 32.1. The van der Waals surface area contributed by atoms with Crippen molar-refractivity contribution in [2.75, 3.05) is 7.11 Å². The molecule has 0 N–H and O–H groups in total. The maximum Gasteiger partial charge on any atom is 0.122 e. The van der Waals surface area contributed by atoms with Crippen LogP contribution in [0, 0.1) is 20.8 Å². The van der Waals surface area contributed by atoms with E-state index in [2.05, 4.69) is 39.5 Å². The van der Waals surface area contributed by atoms with E-state index in [0.29, 0.717) is 0 Å². The molecule has 0 unspecified atom stereocenters. The SMILES string of the molecule is COc1cc(C)c(CS)c(C)c1C. The molecule has 0 aromatic heterocycles. The summed E-state index contributed by atoms with van der Waals surface area (Å²) in [5, 5.41) is 0. The number of aryl methyl sites for hydroxylation is 1. The Morgan fingerprint density at radius 2 is 1.85 bits per heavy atom. The summed E-state index contributed by atoms with van der Waals surface area (Å²) < 4.78 is 5.28. The van der Waals surface area contributed by atoms with Crippen LogP contribution in [0.5, 0.6) is 5.75 Å². The van der Waals surface area contributed by atoms with Gasteiger partial charge < -0.3 is 4.74 Å². The van der Waals surface area contributed by atoms with Gasteiger partial charge in [0, 0.05) is 5.75 Å². The van der Waals surface area contributed by atoms with Gasteiger partial charge in [0.05, 0.1) is 7.11 Å². The van der Waals surface area contributed by atoms with Crippen LogP contribution >= 0.6 is 12.6 Å². The molecule has 0 saturated heterocycles. The molecule has 1 aromatic carbocycles. The van der Waals surface area contributed by atoms with Gasteiger partial charge in [0.2, 0.25) is 0 Å². The largest absolute Gasteiger partial charge is 0.496 e. The molecule has 2 heteroatoms. The Morgan fingerprint density at radius 3 is 2.31 bits per heavy atom. The Hall–Kier alpha value is -0.630. The molecule has 0 saturated carbocycles. The quantitative estimate of drug-likeness (QED) is 0.715. The third-order valence-corrected chi connectivity index (χ3v) is 2.90. The van der Waals surface area contributed by atoms with Crippen LogP contribution in [0.2, 0.25) is 0 Å². The standard InChI is InChI=1S/C11H16OS/c1-7-5-11(12-4)9(3)8(2)10(7)6-13/h5,13H,6H2,1-4H3. The zero-order valence-corrected chi connectivity index (χ0v) is 9.53. The summed E-state index contributed by atoms with van der Waals surface area (Å²) in [6.07, 6.45) is 0. The second-order valence-corrected chi connectivity index (χ2v) is 3.60. The molecule has 1 aromatic rings. The summed E-state index contributed by atoms with van der Waals surface area (Å²) in [5.41, 5.74) is 5.10. The molecule has 1 nitrogen and oxygen atoms in total. The molecular formula is C11H16OS. The fourth-order valence-corrected chi connectivity index (χ4v) is 2.04. The average molecular weight is 196 g/mol. The van der Waals surface area contributed by atoms with Crippen LogP contribution < -0.4 is 4.74 Å². The monoisotopic (exact) mass is 196 g/mol. The van der Waals surface area contributed by atoms with Crippen LogP contribution in [0.3, 0.4) is 0 Å². The molecule has 0 radical (unpaired) electrons. The van der Waals surface area contributed by atoms with Crippen LogP contribution in [0.4, 0.5) is 0 Å². The Morgan fingerprint density at radius 1 is 1.23 bits per heavy atom. The van der Waals surface area contributed by atoms with E-state index in [-0.39, 0.29) is 0 Å². The minimum absolute atomic E-state index is 0.794. The third-order valence-electron chi connectivity index (χ3n) is 2.59. The first-order valence-corrected chi connectivity index (χ1v) is 4.99. The molecule has 0 aliphatic rings. The van der Waals surface area contributed by atoms with Crippen LogP contribution in [-0.2, 0) is 5.75 Å². The molecule has 0 atom stereocenters. The number of hydrogen-bond acceptors (Lipinski definition) is 2. The normalized spacial score (nSPS) is 10.2. The summed E-state index contributed by atoms with van der Waals surface area (Å²) in [5.74, 6) is 1.77. The van der Waals surface area contributed by atoms with E-state index in [1.54, 1.807) is 7.11 Å². The fourth-order valence-electron chi connectivity index (χ4n) is 1.55. The van der Waals surface area contributed by atoms with E-state index >= 15 is 0 Å². The number of ether oxygens (including phenoxy) is 1. The lowest BCUT2D eigenvalue weighted by Crippen LogP contribution is -1.97. The van der Waals surface area contributed by atoms with Gasteiger partial charge in [-0.05, 0) is 49.1 Å². The second-order valence-electron chi connectivity index (χ2n) is 3.28. The average Bonchev–Trinajstić information content (AvgIpc) is 2.12. The van der Waals surface area contributed by atoms with Crippen molar-refractivity contribution in [2.24, 2.45) is 0 Å². The van der Waals surface area contributed by atoms with Gasteiger partial charge in [0.15, 0.2) is 0 Å². The molecule has 0 spiro atoms.